The van der Waals surface area contributed by atoms with Crippen LogP contribution in [0.25, 0.3) is 22.2 Å². The number of nitrogens with zero attached hydrogens (tertiary/aromatic N) is 2. The lowest BCUT2D eigenvalue weighted by atomic mass is 10.1. The van der Waals surface area contributed by atoms with E-state index in [1.54, 1.807) is 18.6 Å². The molecule has 1 aliphatic rings. The number of ether oxygens (including phenoxy) is 1. The van der Waals surface area contributed by atoms with E-state index < -0.39 is 0 Å². The minimum atomic E-state index is -0.00587. The predicted molar refractivity (Wildman–Crippen MR) is 96.2 cm³/mol. The van der Waals surface area contributed by atoms with E-state index in [1.807, 2.05) is 18.3 Å². The Morgan fingerprint density at radius 2 is 2.20 bits per heavy atom. The molecule has 1 unspecified atom stereocenters. The first kappa shape index (κ1) is 15.8. The van der Waals surface area contributed by atoms with Crippen molar-refractivity contribution in [3.63, 3.8) is 0 Å². The summed E-state index contributed by atoms with van der Waals surface area (Å²) < 4.78 is 5.56. The fourth-order valence-electron chi connectivity index (χ4n) is 3.15. The Balaban J connectivity index is 1.44. The van der Waals surface area contributed by atoms with Gasteiger partial charge in [0.15, 0.2) is 0 Å². The zero-order chi connectivity index (χ0) is 17.1. The topological polar surface area (TPSA) is 79.9 Å². The number of carbonyl (C=O) groups excluding carboxylic acids is 1. The van der Waals surface area contributed by atoms with E-state index in [9.17, 15) is 4.79 Å². The van der Waals surface area contributed by atoms with E-state index in [-0.39, 0.29) is 12.0 Å². The molecule has 0 saturated carbocycles. The summed E-state index contributed by atoms with van der Waals surface area (Å²) >= 11 is 0. The molecule has 1 aliphatic heterocycles. The van der Waals surface area contributed by atoms with Crippen LogP contribution >= 0.6 is 0 Å². The van der Waals surface area contributed by atoms with Gasteiger partial charge in [-0.2, -0.15) is 0 Å². The van der Waals surface area contributed by atoms with Gasteiger partial charge in [0, 0.05) is 48.1 Å². The zero-order valence-electron chi connectivity index (χ0n) is 13.9. The normalized spacial score (nSPS) is 17.0. The molecule has 0 aliphatic carbocycles. The number of pyridine rings is 2. The highest BCUT2D eigenvalue weighted by Crippen LogP contribution is 2.24. The third-order valence-electron chi connectivity index (χ3n) is 4.47. The SMILES string of the molecule is O=C(CCC1CCCO1)Nc1cncc(-c2cnc3[nH]ccc3c2)c1. The average molecular weight is 336 g/mol. The molecule has 1 atom stereocenters. The van der Waals surface area contributed by atoms with Crippen molar-refractivity contribution in [3.05, 3.63) is 43.0 Å². The van der Waals surface area contributed by atoms with Gasteiger partial charge in [-0.05, 0) is 37.5 Å². The highest BCUT2D eigenvalue weighted by atomic mass is 16.5. The number of nitrogens with one attached hydrogen (secondary N) is 2. The van der Waals surface area contributed by atoms with Crippen LogP contribution in [0.2, 0.25) is 0 Å². The molecule has 3 aromatic heterocycles. The molecule has 6 nitrogen and oxygen atoms in total. The quantitative estimate of drug-likeness (QED) is 0.747. The number of amides is 1. The van der Waals surface area contributed by atoms with E-state index in [0.717, 1.165) is 48.0 Å². The smallest absolute Gasteiger partial charge is 0.224 e. The number of carbonyl (C=O) groups is 1. The first-order valence-electron chi connectivity index (χ1n) is 8.58. The van der Waals surface area contributed by atoms with Crippen LogP contribution in [-0.2, 0) is 9.53 Å². The molecule has 4 heterocycles. The lowest BCUT2D eigenvalue weighted by molar-refractivity contribution is -0.116. The number of H-pyrrole nitrogens is 1. The number of anilines is 1. The van der Waals surface area contributed by atoms with E-state index in [2.05, 4.69) is 26.3 Å². The molecule has 25 heavy (non-hydrogen) atoms. The van der Waals surface area contributed by atoms with Crippen LogP contribution in [0.15, 0.2) is 43.0 Å². The maximum atomic E-state index is 12.1. The average Bonchev–Trinajstić information content (AvgIpc) is 3.31. The Morgan fingerprint density at radius 1 is 1.28 bits per heavy atom. The van der Waals surface area contributed by atoms with Crippen molar-refractivity contribution >= 4 is 22.6 Å². The van der Waals surface area contributed by atoms with E-state index in [1.165, 1.54) is 0 Å². The minimum absolute atomic E-state index is 0.00587. The second-order valence-corrected chi connectivity index (χ2v) is 6.32. The second kappa shape index (κ2) is 7.03. The maximum absolute atomic E-state index is 12.1. The molecule has 4 rings (SSSR count). The summed E-state index contributed by atoms with van der Waals surface area (Å²) in [7, 11) is 0. The van der Waals surface area contributed by atoms with Gasteiger partial charge >= 0.3 is 0 Å². The third-order valence-corrected chi connectivity index (χ3v) is 4.47. The number of fused-ring (bicyclic) bond motifs is 1. The van der Waals surface area contributed by atoms with Crippen molar-refractivity contribution in [3.8, 4) is 11.1 Å². The number of rotatable bonds is 5. The fourth-order valence-corrected chi connectivity index (χ4v) is 3.15. The second-order valence-electron chi connectivity index (χ2n) is 6.32. The Hall–Kier alpha value is -2.73. The monoisotopic (exact) mass is 336 g/mol. The summed E-state index contributed by atoms with van der Waals surface area (Å²) in [5, 5.41) is 3.97. The van der Waals surface area contributed by atoms with E-state index >= 15 is 0 Å². The largest absolute Gasteiger partial charge is 0.378 e. The summed E-state index contributed by atoms with van der Waals surface area (Å²) in [6.45, 7) is 0.817. The summed E-state index contributed by atoms with van der Waals surface area (Å²) in [4.78, 5) is 23.9. The van der Waals surface area contributed by atoms with Crippen molar-refractivity contribution in [1.82, 2.24) is 15.0 Å². The van der Waals surface area contributed by atoms with Crippen molar-refractivity contribution in [2.75, 3.05) is 11.9 Å². The molecule has 1 saturated heterocycles. The third kappa shape index (κ3) is 3.69. The first-order chi connectivity index (χ1) is 12.3. The van der Waals surface area contributed by atoms with Crippen LogP contribution in [0.1, 0.15) is 25.7 Å². The van der Waals surface area contributed by atoms with Crippen LogP contribution in [-0.4, -0.2) is 33.6 Å². The van der Waals surface area contributed by atoms with Gasteiger partial charge in [0.05, 0.1) is 18.0 Å². The molecule has 1 amide bonds. The van der Waals surface area contributed by atoms with Gasteiger partial charge in [-0.1, -0.05) is 0 Å². The summed E-state index contributed by atoms with van der Waals surface area (Å²) in [6.07, 6.45) is 10.7. The lowest BCUT2D eigenvalue weighted by Crippen LogP contribution is -2.15. The van der Waals surface area contributed by atoms with Gasteiger partial charge in [-0.25, -0.2) is 4.98 Å². The van der Waals surface area contributed by atoms with Crippen LogP contribution in [0, 0.1) is 0 Å². The number of aromatic nitrogens is 3. The molecule has 3 aromatic rings. The first-order valence-corrected chi connectivity index (χ1v) is 8.58. The Bertz CT molecular complexity index is 884. The molecular weight excluding hydrogens is 316 g/mol. The van der Waals surface area contributed by atoms with E-state index in [0.29, 0.717) is 12.1 Å². The van der Waals surface area contributed by atoms with Crippen LogP contribution < -0.4 is 5.32 Å². The molecule has 0 radical (unpaired) electrons. The molecule has 1 fully saturated rings. The van der Waals surface area contributed by atoms with Crippen molar-refractivity contribution in [2.24, 2.45) is 0 Å². The highest BCUT2D eigenvalue weighted by molar-refractivity contribution is 5.91. The summed E-state index contributed by atoms with van der Waals surface area (Å²) in [5.41, 5.74) is 3.45. The molecular formula is C19H20N4O2. The summed E-state index contributed by atoms with van der Waals surface area (Å²) in [5.74, 6) is -0.00587. The lowest BCUT2D eigenvalue weighted by Gasteiger charge is -2.10. The predicted octanol–water partition coefficient (Wildman–Crippen LogP) is 3.52. The fraction of sp³-hybridized carbons (Fsp3) is 0.316. The maximum Gasteiger partial charge on any atom is 0.224 e. The van der Waals surface area contributed by atoms with Crippen molar-refractivity contribution in [1.29, 1.82) is 0 Å². The van der Waals surface area contributed by atoms with Crippen LogP contribution in [0.3, 0.4) is 0 Å². The van der Waals surface area contributed by atoms with Gasteiger partial charge in [-0.15, -0.1) is 0 Å². The molecule has 0 bridgehead atoms. The van der Waals surface area contributed by atoms with Crippen LogP contribution in [0.4, 0.5) is 5.69 Å². The summed E-state index contributed by atoms with van der Waals surface area (Å²) in [6, 6.07) is 5.96. The number of hydrogen-bond donors (Lipinski definition) is 2. The van der Waals surface area contributed by atoms with Gasteiger partial charge in [0.25, 0.3) is 0 Å². The number of aromatic amines is 1. The minimum Gasteiger partial charge on any atom is -0.378 e. The van der Waals surface area contributed by atoms with Gasteiger partial charge in [-0.3, -0.25) is 9.78 Å². The Labute approximate surface area is 145 Å². The zero-order valence-corrected chi connectivity index (χ0v) is 13.9. The van der Waals surface area contributed by atoms with Gasteiger partial charge < -0.3 is 15.0 Å². The van der Waals surface area contributed by atoms with E-state index in [4.69, 9.17) is 4.74 Å². The standard InChI is InChI=1S/C19H20N4O2/c24-18(4-3-17-2-1-7-25-17)23-16-9-15(10-20-12-16)14-8-13-5-6-21-19(13)22-11-14/h5-6,8-12,17H,1-4,7H2,(H,21,22)(H,23,24). The Morgan fingerprint density at radius 3 is 3.08 bits per heavy atom. The van der Waals surface area contributed by atoms with Gasteiger partial charge in [0.2, 0.25) is 5.91 Å². The molecule has 6 heteroatoms. The highest BCUT2D eigenvalue weighted by Gasteiger charge is 2.16. The Kier molecular flexibility index (Phi) is 4.43. The van der Waals surface area contributed by atoms with Crippen LogP contribution in [0.5, 0.6) is 0 Å². The molecule has 0 spiro atoms. The number of hydrogen-bond acceptors (Lipinski definition) is 4. The van der Waals surface area contributed by atoms with Crippen molar-refractivity contribution < 1.29 is 9.53 Å². The molecule has 0 aromatic carbocycles. The van der Waals surface area contributed by atoms with Gasteiger partial charge in [0.1, 0.15) is 5.65 Å². The van der Waals surface area contributed by atoms with Crippen molar-refractivity contribution in [2.45, 2.75) is 31.8 Å². The molecule has 2 N–H and O–H groups in total. The molecule has 128 valence electrons.